The molecule has 0 aromatic heterocycles. The Morgan fingerprint density at radius 1 is 0.933 bits per heavy atom. The molecule has 4 aliphatic carbocycles. The Labute approximate surface area is 182 Å². The predicted molar refractivity (Wildman–Crippen MR) is 118 cm³/mol. The number of fused-ring (bicyclic) bond motifs is 5. The van der Waals surface area contributed by atoms with E-state index in [1.54, 1.807) is 0 Å². The third-order valence-electron chi connectivity index (χ3n) is 10.6. The van der Waals surface area contributed by atoms with Gasteiger partial charge in [0.2, 0.25) is 5.91 Å². The molecule has 0 spiro atoms. The third-order valence-corrected chi connectivity index (χ3v) is 10.6. The van der Waals surface area contributed by atoms with Crippen LogP contribution < -0.4 is 5.73 Å². The van der Waals surface area contributed by atoms with Crippen LogP contribution in [0.1, 0.15) is 77.0 Å². The van der Waals surface area contributed by atoms with Crippen molar-refractivity contribution in [1.29, 1.82) is 0 Å². The molecule has 0 bridgehead atoms. The molecule has 0 aromatic rings. The standard InChI is InChI=1S/C26H40N2O2/c27-25(29)26(19-11-14-30-16-19)12-2-13-28(26)20-7-10-22-18(15-20)6-9-23-21-4-1-3-17(21)5-8-24(22)23/h11,17-18,20-24H,1-10,12-16H2,(H2,27,29). The molecule has 1 amide bonds. The smallest absolute Gasteiger partial charge is 0.242 e. The van der Waals surface area contributed by atoms with E-state index in [-0.39, 0.29) is 5.91 Å². The van der Waals surface area contributed by atoms with Gasteiger partial charge in [-0.05, 0) is 112 Å². The normalized spacial score (nSPS) is 48.7. The zero-order chi connectivity index (χ0) is 20.3. The van der Waals surface area contributed by atoms with Gasteiger partial charge < -0.3 is 10.5 Å². The van der Waals surface area contributed by atoms with Crippen LogP contribution in [0.3, 0.4) is 0 Å². The maximum Gasteiger partial charge on any atom is 0.242 e. The minimum Gasteiger partial charge on any atom is -0.373 e. The van der Waals surface area contributed by atoms with E-state index in [4.69, 9.17) is 10.5 Å². The molecule has 0 radical (unpaired) electrons. The van der Waals surface area contributed by atoms with Crippen LogP contribution in [0.5, 0.6) is 0 Å². The minimum atomic E-state index is -0.562. The molecule has 8 atom stereocenters. The van der Waals surface area contributed by atoms with E-state index in [1.165, 1.54) is 64.2 Å². The summed E-state index contributed by atoms with van der Waals surface area (Å²) in [6.45, 7) is 2.25. The molecule has 6 rings (SSSR count). The summed E-state index contributed by atoms with van der Waals surface area (Å²) in [4.78, 5) is 15.4. The van der Waals surface area contributed by atoms with Crippen molar-refractivity contribution in [2.45, 2.75) is 88.6 Å². The van der Waals surface area contributed by atoms with E-state index >= 15 is 0 Å². The van der Waals surface area contributed by atoms with Gasteiger partial charge in [-0.15, -0.1) is 0 Å². The Morgan fingerprint density at radius 3 is 2.47 bits per heavy atom. The summed E-state index contributed by atoms with van der Waals surface area (Å²) in [5.74, 6) is 5.89. The van der Waals surface area contributed by atoms with Gasteiger partial charge in [0.25, 0.3) is 0 Å². The van der Waals surface area contributed by atoms with Crippen molar-refractivity contribution in [3.63, 3.8) is 0 Å². The van der Waals surface area contributed by atoms with Gasteiger partial charge in [0.15, 0.2) is 0 Å². The number of carbonyl (C=O) groups excluding carboxylic acids is 1. The lowest BCUT2D eigenvalue weighted by Crippen LogP contribution is -2.60. The number of hydrogen-bond donors (Lipinski definition) is 1. The topological polar surface area (TPSA) is 55.6 Å². The van der Waals surface area contributed by atoms with Crippen LogP contribution in [0.2, 0.25) is 0 Å². The maximum absolute atomic E-state index is 12.8. The monoisotopic (exact) mass is 412 g/mol. The number of nitrogens with two attached hydrogens (primary N) is 1. The largest absolute Gasteiger partial charge is 0.373 e. The highest BCUT2D eigenvalue weighted by molar-refractivity contribution is 5.89. The molecule has 5 fully saturated rings. The highest BCUT2D eigenvalue weighted by atomic mass is 16.5. The summed E-state index contributed by atoms with van der Waals surface area (Å²) >= 11 is 0. The van der Waals surface area contributed by atoms with E-state index in [1.807, 2.05) is 0 Å². The molecule has 6 aliphatic rings. The Morgan fingerprint density at radius 2 is 1.70 bits per heavy atom. The summed E-state index contributed by atoms with van der Waals surface area (Å²) < 4.78 is 5.63. The Kier molecular flexibility index (Phi) is 5.03. The molecule has 166 valence electrons. The Bertz CT molecular complexity index is 720. The zero-order valence-electron chi connectivity index (χ0n) is 18.6. The lowest BCUT2D eigenvalue weighted by atomic mass is 9.53. The molecule has 8 unspecified atom stereocenters. The van der Waals surface area contributed by atoms with Crippen molar-refractivity contribution in [2.75, 3.05) is 19.8 Å². The number of carbonyl (C=O) groups is 1. The fourth-order valence-corrected chi connectivity index (χ4v) is 9.51. The molecule has 0 aromatic carbocycles. The lowest BCUT2D eigenvalue weighted by Gasteiger charge is -2.54. The van der Waals surface area contributed by atoms with Gasteiger partial charge >= 0.3 is 0 Å². The summed E-state index contributed by atoms with van der Waals surface area (Å²) in [6.07, 6.45) is 18.6. The Hall–Kier alpha value is -0.870. The average Bonchev–Trinajstić information content (AvgIpc) is 3.53. The minimum absolute atomic E-state index is 0.137. The summed E-state index contributed by atoms with van der Waals surface area (Å²) in [5.41, 5.74) is 6.69. The molecule has 4 saturated carbocycles. The van der Waals surface area contributed by atoms with E-state index in [0.717, 1.165) is 60.5 Å². The molecular weight excluding hydrogens is 372 g/mol. The van der Waals surface area contributed by atoms with Crippen LogP contribution in [-0.4, -0.2) is 42.1 Å². The van der Waals surface area contributed by atoms with Gasteiger partial charge in [-0.1, -0.05) is 18.9 Å². The summed E-state index contributed by atoms with van der Waals surface area (Å²) in [5, 5.41) is 0. The molecule has 4 heteroatoms. The zero-order valence-corrected chi connectivity index (χ0v) is 18.6. The first-order valence-corrected chi connectivity index (χ1v) is 13.0. The summed E-state index contributed by atoms with van der Waals surface area (Å²) in [7, 11) is 0. The first-order chi connectivity index (χ1) is 14.7. The predicted octanol–water partition coefficient (Wildman–Crippen LogP) is 4.28. The molecule has 2 N–H and O–H groups in total. The number of hydrogen-bond acceptors (Lipinski definition) is 3. The number of rotatable bonds is 3. The van der Waals surface area contributed by atoms with Gasteiger partial charge in [0.1, 0.15) is 5.54 Å². The molecular formula is C26H40N2O2. The number of primary amides is 1. The van der Waals surface area contributed by atoms with Gasteiger partial charge in [0.05, 0.1) is 13.2 Å². The molecule has 2 aliphatic heterocycles. The van der Waals surface area contributed by atoms with Gasteiger partial charge in [-0.3, -0.25) is 9.69 Å². The van der Waals surface area contributed by atoms with Crippen LogP contribution >= 0.6 is 0 Å². The van der Waals surface area contributed by atoms with Crippen LogP contribution in [0, 0.1) is 35.5 Å². The van der Waals surface area contributed by atoms with Gasteiger partial charge in [-0.25, -0.2) is 0 Å². The van der Waals surface area contributed by atoms with Crippen molar-refractivity contribution in [2.24, 2.45) is 41.2 Å². The maximum atomic E-state index is 12.8. The first-order valence-electron chi connectivity index (χ1n) is 13.0. The van der Waals surface area contributed by atoms with Crippen molar-refractivity contribution in [3.05, 3.63) is 11.6 Å². The number of ether oxygens (including phenoxy) is 1. The number of nitrogens with zero attached hydrogens (tertiary/aromatic N) is 1. The second-order valence-corrected chi connectivity index (χ2v) is 11.5. The quantitative estimate of drug-likeness (QED) is 0.704. The van der Waals surface area contributed by atoms with Crippen molar-refractivity contribution in [1.82, 2.24) is 4.90 Å². The van der Waals surface area contributed by atoms with Gasteiger partial charge in [0, 0.05) is 6.04 Å². The molecule has 4 nitrogen and oxygen atoms in total. The second kappa shape index (κ2) is 7.62. The first kappa shape index (κ1) is 19.8. The summed E-state index contributed by atoms with van der Waals surface area (Å²) in [6, 6.07) is 0.530. The van der Waals surface area contributed by atoms with Crippen LogP contribution in [-0.2, 0) is 9.53 Å². The van der Waals surface area contributed by atoms with Crippen molar-refractivity contribution >= 4 is 5.91 Å². The fraction of sp³-hybridized carbons (Fsp3) is 0.885. The number of likely N-dealkylation sites (tertiary alicyclic amines) is 1. The highest BCUT2D eigenvalue weighted by Crippen LogP contribution is 2.58. The number of amides is 1. The fourth-order valence-electron chi connectivity index (χ4n) is 9.51. The highest BCUT2D eigenvalue weighted by Gasteiger charge is 2.55. The van der Waals surface area contributed by atoms with Crippen LogP contribution in [0.4, 0.5) is 0 Å². The molecule has 30 heavy (non-hydrogen) atoms. The molecule has 2 heterocycles. The third kappa shape index (κ3) is 2.88. The van der Waals surface area contributed by atoms with E-state index < -0.39 is 5.54 Å². The van der Waals surface area contributed by atoms with E-state index in [2.05, 4.69) is 11.0 Å². The van der Waals surface area contributed by atoms with Crippen LogP contribution in [0.25, 0.3) is 0 Å². The van der Waals surface area contributed by atoms with E-state index in [9.17, 15) is 4.79 Å². The van der Waals surface area contributed by atoms with Gasteiger partial charge in [-0.2, -0.15) is 0 Å². The van der Waals surface area contributed by atoms with Crippen molar-refractivity contribution < 1.29 is 9.53 Å². The van der Waals surface area contributed by atoms with Crippen molar-refractivity contribution in [3.8, 4) is 0 Å². The van der Waals surface area contributed by atoms with Crippen LogP contribution in [0.15, 0.2) is 11.6 Å². The average molecular weight is 413 g/mol. The SMILES string of the molecule is NC(=O)C1(C2=CCOC2)CCCN1C1CCC2C(CCC3C4CCCC4CCC23)C1. The lowest BCUT2D eigenvalue weighted by molar-refractivity contribution is -0.129. The van der Waals surface area contributed by atoms with E-state index in [0.29, 0.717) is 19.3 Å². The second-order valence-electron chi connectivity index (χ2n) is 11.5. The Balaban J connectivity index is 1.20. The molecule has 1 saturated heterocycles.